The summed E-state index contributed by atoms with van der Waals surface area (Å²) in [6, 6.07) is 0.437. The standard InChI is InChI=1S/C13H25NO2/c1-3-8-14-13(7-10-15-4-2)12-6-5-9-16-11-12/h11,13-14H,3-10H2,1-2H3. The lowest BCUT2D eigenvalue weighted by molar-refractivity contribution is 0.137. The third-order valence-electron chi connectivity index (χ3n) is 2.81. The molecule has 1 rings (SSSR count). The molecule has 0 aromatic carbocycles. The first-order valence-corrected chi connectivity index (χ1v) is 6.50. The lowest BCUT2D eigenvalue weighted by atomic mass is 9.99. The highest BCUT2D eigenvalue weighted by atomic mass is 16.5. The maximum atomic E-state index is 5.43. The van der Waals surface area contributed by atoms with Gasteiger partial charge < -0.3 is 14.8 Å². The monoisotopic (exact) mass is 227 g/mol. The van der Waals surface area contributed by atoms with Crippen molar-refractivity contribution in [3.63, 3.8) is 0 Å². The lowest BCUT2D eigenvalue weighted by Gasteiger charge is -2.24. The van der Waals surface area contributed by atoms with Crippen LogP contribution in [0.2, 0.25) is 0 Å². The molecule has 16 heavy (non-hydrogen) atoms. The Morgan fingerprint density at radius 3 is 3.00 bits per heavy atom. The van der Waals surface area contributed by atoms with Gasteiger partial charge in [0.05, 0.1) is 12.9 Å². The molecule has 94 valence electrons. The third-order valence-corrected chi connectivity index (χ3v) is 2.81. The summed E-state index contributed by atoms with van der Waals surface area (Å²) in [4.78, 5) is 0. The van der Waals surface area contributed by atoms with Crippen molar-refractivity contribution in [1.29, 1.82) is 0 Å². The summed E-state index contributed by atoms with van der Waals surface area (Å²) >= 11 is 0. The van der Waals surface area contributed by atoms with Gasteiger partial charge in [0.1, 0.15) is 0 Å². The van der Waals surface area contributed by atoms with E-state index in [-0.39, 0.29) is 0 Å². The molecule has 1 aliphatic heterocycles. The number of hydrogen-bond acceptors (Lipinski definition) is 3. The van der Waals surface area contributed by atoms with Gasteiger partial charge in [-0.1, -0.05) is 6.92 Å². The second kappa shape index (κ2) is 8.59. The van der Waals surface area contributed by atoms with Gasteiger partial charge in [0.25, 0.3) is 0 Å². The molecule has 1 heterocycles. The minimum absolute atomic E-state index is 0.437. The van der Waals surface area contributed by atoms with E-state index >= 15 is 0 Å². The first-order chi connectivity index (χ1) is 7.88. The predicted molar refractivity (Wildman–Crippen MR) is 66.5 cm³/mol. The highest BCUT2D eigenvalue weighted by molar-refractivity contribution is 5.09. The van der Waals surface area contributed by atoms with Crippen LogP contribution in [-0.4, -0.2) is 32.4 Å². The van der Waals surface area contributed by atoms with Crippen LogP contribution >= 0.6 is 0 Å². The maximum Gasteiger partial charge on any atom is 0.0876 e. The molecule has 1 aliphatic rings. The molecule has 1 N–H and O–H groups in total. The summed E-state index contributed by atoms with van der Waals surface area (Å²) in [7, 11) is 0. The largest absolute Gasteiger partial charge is 0.501 e. The zero-order chi connectivity index (χ0) is 11.6. The minimum atomic E-state index is 0.437. The van der Waals surface area contributed by atoms with Gasteiger partial charge in [-0.3, -0.25) is 0 Å². The number of nitrogens with one attached hydrogen (secondary N) is 1. The molecule has 0 saturated heterocycles. The van der Waals surface area contributed by atoms with E-state index in [9.17, 15) is 0 Å². The van der Waals surface area contributed by atoms with E-state index in [1.54, 1.807) is 0 Å². The van der Waals surface area contributed by atoms with Gasteiger partial charge in [-0.15, -0.1) is 0 Å². The quantitative estimate of drug-likeness (QED) is 0.646. The van der Waals surface area contributed by atoms with Crippen molar-refractivity contribution >= 4 is 0 Å². The Morgan fingerprint density at radius 1 is 1.50 bits per heavy atom. The summed E-state index contributed by atoms with van der Waals surface area (Å²) in [5.41, 5.74) is 1.40. The molecule has 3 heteroatoms. The Morgan fingerprint density at radius 2 is 2.38 bits per heavy atom. The van der Waals surface area contributed by atoms with Gasteiger partial charge in [-0.05, 0) is 44.7 Å². The van der Waals surface area contributed by atoms with E-state index in [2.05, 4.69) is 12.2 Å². The van der Waals surface area contributed by atoms with Gasteiger partial charge in [0.2, 0.25) is 0 Å². The Balaban J connectivity index is 2.38. The predicted octanol–water partition coefficient (Wildman–Crippen LogP) is 2.48. The van der Waals surface area contributed by atoms with Crippen LogP contribution in [0.25, 0.3) is 0 Å². The van der Waals surface area contributed by atoms with Crippen molar-refractivity contribution in [3.8, 4) is 0 Å². The molecule has 0 amide bonds. The molecule has 1 unspecified atom stereocenters. The SMILES string of the molecule is CCCNC(CCOCC)C1=COCCC1. The molecular formula is C13H25NO2. The summed E-state index contributed by atoms with van der Waals surface area (Å²) in [6.45, 7) is 7.80. The van der Waals surface area contributed by atoms with Crippen molar-refractivity contribution in [2.45, 2.75) is 45.6 Å². The fourth-order valence-electron chi connectivity index (χ4n) is 1.92. The van der Waals surface area contributed by atoms with E-state index in [1.807, 2.05) is 13.2 Å². The third kappa shape index (κ3) is 4.99. The Hall–Kier alpha value is -0.540. The summed E-state index contributed by atoms with van der Waals surface area (Å²) in [5, 5.41) is 3.57. The smallest absolute Gasteiger partial charge is 0.0876 e. The molecule has 0 bridgehead atoms. The van der Waals surface area contributed by atoms with E-state index in [0.29, 0.717) is 6.04 Å². The van der Waals surface area contributed by atoms with Gasteiger partial charge in [-0.2, -0.15) is 0 Å². The van der Waals surface area contributed by atoms with Crippen molar-refractivity contribution in [1.82, 2.24) is 5.32 Å². The summed E-state index contributed by atoms with van der Waals surface area (Å²) < 4.78 is 10.8. The van der Waals surface area contributed by atoms with Crippen LogP contribution < -0.4 is 5.32 Å². The lowest BCUT2D eigenvalue weighted by Crippen LogP contribution is -2.33. The zero-order valence-electron chi connectivity index (χ0n) is 10.6. The van der Waals surface area contributed by atoms with Crippen LogP contribution in [0.1, 0.15) is 39.5 Å². The average molecular weight is 227 g/mol. The van der Waals surface area contributed by atoms with Gasteiger partial charge in [0, 0.05) is 19.3 Å². The van der Waals surface area contributed by atoms with Crippen LogP contribution in [0.5, 0.6) is 0 Å². The average Bonchev–Trinajstić information content (AvgIpc) is 2.35. The molecule has 0 aromatic heterocycles. The first kappa shape index (κ1) is 13.5. The molecule has 0 aliphatic carbocycles. The topological polar surface area (TPSA) is 30.5 Å². The van der Waals surface area contributed by atoms with E-state index in [0.717, 1.165) is 45.6 Å². The second-order valence-electron chi connectivity index (χ2n) is 4.16. The highest BCUT2D eigenvalue weighted by Gasteiger charge is 2.16. The van der Waals surface area contributed by atoms with Crippen molar-refractivity contribution < 1.29 is 9.47 Å². The Bertz CT molecular complexity index is 204. The van der Waals surface area contributed by atoms with Crippen LogP contribution in [0.15, 0.2) is 11.8 Å². The zero-order valence-corrected chi connectivity index (χ0v) is 10.6. The van der Waals surface area contributed by atoms with E-state index in [4.69, 9.17) is 9.47 Å². The second-order valence-corrected chi connectivity index (χ2v) is 4.16. The fourth-order valence-corrected chi connectivity index (χ4v) is 1.92. The fraction of sp³-hybridized carbons (Fsp3) is 0.846. The van der Waals surface area contributed by atoms with Crippen LogP contribution in [0, 0.1) is 0 Å². The molecule has 0 aromatic rings. The molecule has 0 spiro atoms. The van der Waals surface area contributed by atoms with Crippen LogP contribution in [-0.2, 0) is 9.47 Å². The van der Waals surface area contributed by atoms with Gasteiger partial charge in [-0.25, -0.2) is 0 Å². The molecule has 1 atom stereocenters. The molecule has 0 saturated carbocycles. The van der Waals surface area contributed by atoms with E-state index in [1.165, 1.54) is 12.0 Å². The first-order valence-electron chi connectivity index (χ1n) is 6.50. The summed E-state index contributed by atoms with van der Waals surface area (Å²) in [5.74, 6) is 0. The Labute approximate surface area is 99.2 Å². The minimum Gasteiger partial charge on any atom is -0.501 e. The van der Waals surface area contributed by atoms with E-state index < -0.39 is 0 Å². The van der Waals surface area contributed by atoms with Crippen LogP contribution in [0.4, 0.5) is 0 Å². The molecule has 0 fully saturated rings. The number of hydrogen-bond donors (Lipinski definition) is 1. The van der Waals surface area contributed by atoms with Gasteiger partial charge >= 0.3 is 0 Å². The highest BCUT2D eigenvalue weighted by Crippen LogP contribution is 2.18. The number of rotatable bonds is 8. The van der Waals surface area contributed by atoms with Gasteiger partial charge in [0.15, 0.2) is 0 Å². The summed E-state index contributed by atoms with van der Waals surface area (Å²) in [6.07, 6.45) is 6.46. The normalized spacial score (nSPS) is 17.8. The molecule has 0 radical (unpaired) electrons. The number of ether oxygens (including phenoxy) is 2. The van der Waals surface area contributed by atoms with Crippen LogP contribution in [0.3, 0.4) is 0 Å². The van der Waals surface area contributed by atoms with Crippen molar-refractivity contribution in [2.24, 2.45) is 0 Å². The maximum absolute atomic E-state index is 5.43. The van der Waals surface area contributed by atoms with Crippen molar-refractivity contribution in [3.05, 3.63) is 11.8 Å². The molecular weight excluding hydrogens is 202 g/mol. The Kier molecular flexibility index (Phi) is 7.26. The van der Waals surface area contributed by atoms with Crippen molar-refractivity contribution in [2.75, 3.05) is 26.4 Å². The molecule has 3 nitrogen and oxygen atoms in total.